The minimum atomic E-state index is 0.0148. The minimum Gasteiger partial charge on any atom is -0.351 e. The average Bonchev–Trinajstić information content (AvgIpc) is 2.24. The molecule has 18 heavy (non-hydrogen) atoms. The number of hydrogen-bond acceptors (Lipinski definition) is 2. The van der Waals surface area contributed by atoms with Crippen LogP contribution in [-0.2, 0) is 11.3 Å². The molecule has 1 rings (SSSR count). The van der Waals surface area contributed by atoms with Crippen molar-refractivity contribution in [1.29, 1.82) is 0 Å². The number of halogens is 2. The van der Waals surface area contributed by atoms with Crippen LogP contribution in [0.2, 0.25) is 10.0 Å². The third-order valence-electron chi connectivity index (χ3n) is 2.13. The topological polar surface area (TPSA) is 29.1 Å². The van der Waals surface area contributed by atoms with E-state index in [9.17, 15) is 4.79 Å². The molecule has 0 unspecified atom stereocenters. The second-order valence-electron chi connectivity index (χ2n) is 4.91. The van der Waals surface area contributed by atoms with E-state index < -0.39 is 0 Å². The largest absolute Gasteiger partial charge is 0.351 e. The van der Waals surface area contributed by atoms with E-state index in [0.29, 0.717) is 22.3 Å². The first-order valence-corrected chi connectivity index (χ1v) is 7.37. The second kappa shape index (κ2) is 6.69. The van der Waals surface area contributed by atoms with Gasteiger partial charge in [0.1, 0.15) is 0 Å². The summed E-state index contributed by atoms with van der Waals surface area (Å²) >= 11 is 13.4. The van der Waals surface area contributed by atoms with Gasteiger partial charge >= 0.3 is 0 Å². The first-order chi connectivity index (χ1) is 8.28. The van der Waals surface area contributed by atoms with E-state index in [1.54, 1.807) is 23.9 Å². The van der Waals surface area contributed by atoms with Crippen molar-refractivity contribution in [2.75, 3.05) is 5.75 Å². The van der Waals surface area contributed by atoms with Crippen LogP contribution in [0.5, 0.6) is 0 Å². The van der Waals surface area contributed by atoms with E-state index in [1.807, 2.05) is 6.07 Å². The van der Waals surface area contributed by atoms with Gasteiger partial charge in [-0.05, 0) is 17.7 Å². The van der Waals surface area contributed by atoms with Gasteiger partial charge in [-0.25, -0.2) is 0 Å². The summed E-state index contributed by atoms with van der Waals surface area (Å²) in [4.78, 5) is 11.6. The summed E-state index contributed by atoms with van der Waals surface area (Å²) in [7, 11) is 0. The first kappa shape index (κ1) is 15.7. The number of carbonyl (C=O) groups excluding carboxylic acids is 1. The molecule has 100 valence electrons. The molecule has 0 fully saturated rings. The Morgan fingerprint density at radius 3 is 2.56 bits per heavy atom. The summed E-state index contributed by atoms with van der Waals surface area (Å²) in [6, 6.07) is 5.26. The number of carbonyl (C=O) groups is 1. The van der Waals surface area contributed by atoms with Crippen molar-refractivity contribution in [2.24, 2.45) is 0 Å². The fourth-order valence-corrected chi connectivity index (χ4v) is 2.33. The van der Waals surface area contributed by atoms with Crippen LogP contribution >= 0.6 is 35.0 Å². The highest BCUT2D eigenvalue weighted by atomic mass is 35.5. The average molecular weight is 306 g/mol. The van der Waals surface area contributed by atoms with E-state index in [0.717, 1.165) is 5.56 Å². The lowest BCUT2D eigenvalue weighted by molar-refractivity contribution is -0.118. The number of hydrogen-bond donors (Lipinski definition) is 1. The molecular formula is C13H17Cl2NOS. The van der Waals surface area contributed by atoms with Crippen LogP contribution in [0.15, 0.2) is 18.2 Å². The predicted octanol–water partition coefficient (Wildman–Crippen LogP) is 4.14. The number of rotatable bonds is 4. The minimum absolute atomic E-state index is 0.0148. The highest BCUT2D eigenvalue weighted by molar-refractivity contribution is 8.01. The van der Waals surface area contributed by atoms with Crippen molar-refractivity contribution < 1.29 is 4.79 Å². The fraction of sp³-hybridized carbons (Fsp3) is 0.462. The molecule has 0 aliphatic rings. The summed E-state index contributed by atoms with van der Waals surface area (Å²) in [6.45, 7) is 6.68. The molecule has 2 nitrogen and oxygen atoms in total. The zero-order chi connectivity index (χ0) is 13.8. The molecule has 5 heteroatoms. The third kappa shape index (κ3) is 5.98. The van der Waals surface area contributed by atoms with Crippen molar-refractivity contribution in [3.63, 3.8) is 0 Å². The SMILES string of the molecule is CC(C)(C)SCC(=O)NCc1ccc(Cl)cc1Cl. The Hall–Kier alpha value is -0.380. The Balaban J connectivity index is 2.43. The zero-order valence-electron chi connectivity index (χ0n) is 10.7. The van der Waals surface area contributed by atoms with Crippen LogP contribution in [-0.4, -0.2) is 16.4 Å². The normalized spacial score (nSPS) is 11.4. The van der Waals surface area contributed by atoms with E-state index >= 15 is 0 Å². The third-order valence-corrected chi connectivity index (χ3v) is 3.99. The Morgan fingerprint density at radius 2 is 2.00 bits per heavy atom. The van der Waals surface area contributed by atoms with Crippen molar-refractivity contribution in [2.45, 2.75) is 32.1 Å². The maximum Gasteiger partial charge on any atom is 0.230 e. The van der Waals surface area contributed by atoms with E-state index in [-0.39, 0.29) is 10.7 Å². The molecule has 0 aliphatic heterocycles. The van der Waals surface area contributed by atoms with Gasteiger partial charge in [0.25, 0.3) is 0 Å². The molecule has 0 aromatic heterocycles. The van der Waals surface area contributed by atoms with Crippen molar-refractivity contribution in [1.82, 2.24) is 5.32 Å². The van der Waals surface area contributed by atoms with Crippen LogP contribution in [0.25, 0.3) is 0 Å². The van der Waals surface area contributed by atoms with Crippen LogP contribution in [0.1, 0.15) is 26.3 Å². The Labute approximate surface area is 122 Å². The molecule has 0 radical (unpaired) electrons. The van der Waals surface area contributed by atoms with Gasteiger partial charge in [-0.1, -0.05) is 50.0 Å². The molecule has 1 aromatic carbocycles. The molecule has 0 atom stereocenters. The molecule has 0 bridgehead atoms. The second-order valence-corrected chi connectivity index (χ2v) is 7.56. The van der Waals surface area contributed by atoms with Crippen molar-refractivity contribution in [3.05, 3.63) is 33.8 Å². The van der Waals surface area contributed by atoms with Crippen molar-refractivity contribution in [3.8, 4) is 0 Å². The predicted molar refractivity (Wildman–Crippen MR) is 80.5 cm³/mol. The van der Waals surface area contributed by atoms with Crippen LogP contribution in [0.4, 0.5) is 0 Å². The van der Waals surface area contributed by atoms with Crippen LogP contribution in [0.3, 0.4) is 0 Å². The van der Waals surface area contributed by atoms with Crippen LogP contribution in [0, 0.1) is 0 Å². The van der Waals surface area contributed by atoms with E-state index in [1.165, 1.54) is 0 Å². The zero-order valence-corrected chi connectivity index (χ0v) is 13.0. The number of nitrogens with one attached hydrogen (secondary N) is 1. The molecular weight excluding hydrogens is 289 g/mol. The molecule has 0 saturated carbocycles. The van der Waals surface area contributed by atoms with Gasteiger partial charge in [-0.15, -0.1) is 11.8 Å². The van der Waals surface area contributed by atoms with E-state index in [4.69, 9.17) is 23.2 Å². The van der Waals surface area contributed by atoms with Gasteiger partial charge in [0, 0.05) is 21.3 Å². The van der Waals surface area contributed by atoms with Gasteiger partial charge in [-0.3, -0.25) is 4.79 Å². The molecule has 1 amide bonds. The summed E-state index contributed by atoms with van der Waals surface area (Å²) < 4.78 is 0.0925. The van der Waals surface area contributed by atoms with Gasteiger partial charge in [-0.2, -0.15) is 0 Å². The lowest BCUT2D eigenvalue weighted by Gasteiger charge is -2.17. The van der Waals surface area contributed by atoms with Gasteiger partial charge in [0.15, 0.2) is 0 Å². The number of thioether (sulfide) groups is 1. The van der Waals surface area contributed by atoms with E-state index in [2.05, 4.69) is 26.1 Å². The Bertz CT molecular complexity index is 429. The maximum atomic E-state index is 11.6. The summed E-state index contributed by atoms with van der Waals surface area (Å²) in [6.07, 6.45) is 0. The number of benzene rings is 1. The lowest BCUT2D eigenvalue weighted by atomic mass is 10.2. The molecule has 0 saturated heterocycles. The first-order valence-electron chi connectivity index (χ1n) is 5.62. The number of amides is 1. The molecule has 1 aromatic rings. The Morgan fingerprint density at radius 1 is 1.33 bits per heavy atom. The lowest BCUT2D eigenvalue weighted by Crippen LogP contribution is -2.26. The molecule has 0 heterocycles. The highest BCUT2D eigenvalue weighted by Gasteiger charge is 2.13. The van der Waals surface area contributed by atoms with Gasteiger partial charge in [0.05, 0.1) is 5.75 Å². The standard InChI is InChI=1S/C13H17Cl2NOS/c1-13(2,3)18-8-12(17)16-7-9-4-5-10(14)6-11(9)15/h4-6H,7-8H2,1-3H3,(H,16,17). The molecule has 0 spiro atoms. The van der Waals surface area contributed by atoms with Gasteiger partial charge in [0.2, 0.25) is 5.91 Å². The molecule has 0 aliphatic carbocycles. The quantitative estimate of drug-likeness (QED) is 0.905. The van der Waals surface area contributed by atoms with Gasteiger partial charge < -0.3 is 5.32 Å². The smallest absolute Gasteiger partial charge is 0.230 e. The highest BCUT2D eigenvalue weighted by Crippen LogP contribution is 2.23. The summed E-state index contributed by atoms with van der Waals surface area (Å²) in [5, 5.41) is 4.02. The monoisotopic (exact) mass is 305 g/mol. The summed E-state index contributed by atoms with van der Waals surface area (Å²) in [5.74, 6) is 0.468. The summed E-state index contributed by atoms with van der Waals surface area (Å²) in [5.41, 5.74) is 0.871. The fourth-order valence-electron chi connectivity index (χ4n) is 1.19. The van der Waals surface area contributed by atoms with Crippen LogP contribution < -0.4 is 5.32 Å². The Kier molecular flexibility index (Phi) is 5.83. The van der Waals surface area contributed by atoms with Crippen molar-refractivity contribution >= 4 is 40.9 Å². The maximum absolute atomic E-state index is 11.6. The molecule has 1 N–H and O–H groups in total.